The maximum absolute atomic E-state index is 13.6. The number of benzene rings is 2. The molecule has 0 bridgehead atoms. The Morgan fingerprint density at radius 2 is 1.65 bits per heavy atom. The van der Waals surface area contributed by atoms with Crippen LogP contribution in [0.5, 0.6) is 0 Å². The first-order valence-electron chi connectivity index (χ1n) is 10.7. The van der Waals surface area contributed by atoms with Crippen LogP contribution in [0, 0.1) is 0 Å². The maximum Gasteiger partial charge on any atom is 0.268 e. The summed E-state index contributed by atoms with van der Waals surface area (Å²) in [6.07, 6.45) is 1.66. The van der Waals surface area contributed by atoms with Crippen LogP contribution in [-0.4, -0.2) is 43.6 Å². The molecule has 3 heterocycles. The van der Waals surface area contributed by atoms with Gasteiger partial charge in [-0.25, -0.2) is 17.4 Å². The van der Waals surface area contributed by atoms with E-state index in [1.54, 1.807) is 18.3 Å². The van der Waals surface area contributed by atoms with E-state index in [0.29, 0.717) is 16.3 Å². The normalized spacial score (nSPS) is 15.3. The minimum atomic E-state index is -3.75. The van der Waals surface area contributed by atoms with E-state index in [1.165, 1.54) is 3.97 Å². The summed E-state index contributed by atoms with van der Waals surface area (Å²) in [7, 11) is -3.75. The number of nitrogens with one attached hydrogen (secondary N) is 1. The molecule has 1 saturated heterocycles. The second kappa shape index (κ2) is 7.66. The maximum atomic E-state index is 13.6. The van der Waals surface area contributed by atoms with Gasteiger partial charge in [0.25, 0.3) is 10.0 Å². The highest BCUT2D eigenvalue weighted by Crippen LogP contribution is 2.34. The molecule has 31 heavy (non-hydrogen) atoms. The molecule has 0 saturated carbocycles. The molecule has 2 aromatic heterocycles. The largest absolute Gasteiger partial charge is 0.353 e. The average Bonchev–Trinajstić information content (AvgIpc) is 3.25. The molecular weight excluding hydrogens is 408 g/mol. The van der Waals surface area contributed by atoms with Gasteiger partial charge in [-0.2, -0.15) is 0 Å². The zero-order valence-electron chi connectivity index (χ0n) is 17.7. The van der Waals surface area contributed by atoms with Crippen molar-refractivity contribution < 1.29 is 8.42 Å². The molecule has 160 valence electrons. The number of piperazine rings is 1. The first-order chi connectivity index (χ1) is 15.0. The van der Waals surface area contributed by atoms with E-state index in [-0.39, 0.29) is 0 Å². The van der Waals surface area contributed by atoms with Crippen LogP contribution in [0.2, 0.25) is 0 Å². The number of fused-ring (bicyclic) bond motifs is 3. The molecule has 2 aromatic carbocycles. The van der Waals surface area contributed by atoms with Gasteiger partial charge in [0.1, 0.15) is 5.82 Å². The number of aromatic nitrogens is 2. The molecule has 1 aliphatic heterocycles. The molecule has 7 heteroatoms. The van der Waals surface area contributed by atoms with Gasteiger partial charge in [-0.3, -0.25) is 0 Å². The molecule has 6 nitrogen and oxygen atoms in total. The lowest BCUT2D eigenvalue weighted by atomic mass is 10.0. The fourth-order valence-electron chi connectivity index (χ4n) is 4.26. The van der Waals surface area contributed by atoms with E-state index in [1.807, 2.05) is 42.5 Å². The third-order valence-corrected chi connectivity index (χ3v) is 7.69. The average molecular weight is 435 g/mol. The Morgan fingerprint density at radius 1 is 0.935 bits per heavy atom. The van der Waals surface area contributed by atoms with Crippen LogP contribution < -0.4 is 10.2 Å². The van der Waals surface area contributed by atoms with Crippen LogP contribution in [0.25, 0.3) is 21.8 Å². The molecule has 1 aliphatic rings. The molecule has 0 radical (unpaired) electrons. The van der Waals surface area contributed by atoms with E-state index in [0.717, 1.165) is 53.8 Å². The lowest BCUT2D eigenvalue weighted by Crippen LogP contribution is -2.44. The molecule has 4 aromatic rings. The van der Waals surface area contributed by atoms with Gasteiger partial charge >= 0.3 is 0 Å². The number of pyridine rings is 1. The third-order valence-electron chi connectivity index (χ3n) is 6.00. The number of para-hydroxylation sites is 1. The summed E-state index contributed by atoms with van der Waals surface area (Å²) >= 11 is 0. The summed E-state index contributed by atoms with van der Waals surface area (Å²) in [5, 5.41) is 5.06. The quantitative estimate of drug-likeness (QED) is 0.527. The van der Waals surface area contributed by atoms with Crippen LogP contribution in [0.4, 0.5) is 5.82 Å². The van der Waals surface area contributed by atoms with Gasteiger partial charge in [-0.1, -0.05) is 44.2 Å². The number of rotatable bonds is 4. The predicted molar refractivity (Wildman–Crippen MR) is 125 cm³/mol. The van der Waals surface area contributed by atoms with Crippen LogP contribution >= 0.6 is 0 Å². The van der Waals surface area contributed by atoms with Crippen molar-refractivity contribution in [3.8, 4) is 0 Å². The highest BCUT2D eigenvalue weighted by molar-refractivity contribution is 7.90. The number of nitrogens with zero attached hydrogens (tertiary/aromatic N) is 3. The van der Waals surface area contributed by atoms with Gasteiger partial charge in [0.2, 0.25) is 0 Å². The Hall–Kier alpha value is -2.90. The molecule has 1 N–H and O–H groups in total. The van der Waals surface area contributed by atoms with Crippen molar-refractivity contribution in [1.82, 2.24) is 14.3 Å². The Balaban J connectivity index is 1.73. The monoisotopic (exact) mass is 434 g/mol. The van der Waals surface area contributed by atoms with Crippen LogP contribution in [-0.2, 0) is 10.0 Å². The first kappa shape index (κ1) is 20.0. The first-order valence-corrected chi connectivity index (χ1v) is 12.1. The van der Waals surface area contributed by atoms with E-state index in [9.17, 15) is 8.42 Å². The fraction of sp³-hybridized carbons (Fsp3) is 0.292. The number of hydrogen-bond acceptors (Lipinski definition) is 5. The second-order valence-electron chi connectivity index (χ2n) is 8.29. The summed E-state index contributed by atoms with van der Waals surface area (Å²) in [6.45, 7) is 7.65. The standard InChI is InChI=1S/C24H26N4O2S/c1-17(2)18-7-9-19(10-8-18)31(29,30)28-14-11-21-23(28)20-5-3-4-6-22(20)26-24(21)27-15-12-25-13-16-27/h3-11,14,17,25H,12-13,15-16H2,1-2H3. The molecule has 0 aliphatic carbocycles. The SMILES string of the molecule is CC(C)c1ccc(S(=O)(=O)n2ccc3c(N4CCNCC4)nc4ccccc4c32)cc1. The van der Waals surface area contributed by atoms with Gasteiger partial charge in [0.15, 0.2) is 0 Å². The summed E-state index contributed by atoms with van der Waals surface area (Å²) in [5.74, 6) is 1.19. The Bertz CT molecular complexity index is 1350. The van der Waals surface area contributed by atoms with Crippen molar-refractivity contribution in [2.24, 2.45) is 0 Å². The molecule has 0 unspecified atom stereocenters. The number of anilines is 1. The molecule has 0 amide bonds. The molecule has 1 fully saturated rings. The smallest absolute Gasteiger partial charge is 0.268 e. The van der Waals surface area contributed by atoms with Gasteiger partial charge in [0, 0.05) is 43.1 Å². The van der Waals surface area contributed by atoms with Gasteiger partial charge in [-0.05, 0) is 35.7 Å². The summed E-state index contributed by atoms with van der Waals surface area (Å²) in [6, 6.07) is 16.8. The third kappa shape index (κ3) is 3.38. The van der Waals surface area contributed by atoms with Gasteiger partial charge in [0.05, 0.1) is 15.9 Å². The van der Waals surface area contributed by atoms with Crippen LogP contribution in [0.15, 0.2) is 65.7 Å². The zero-order chi connectivity index (χ0) is 21.6. The zero-order valence-corrected chi connectivity index (χ0v) is 18.6. The molecule has 5 rings (SSSR count). The Kier molecular flexibility index (Phi) is 4.95. The van der Waals surface area contributed by atoms with Crippen LogP contribution in [0.3, 0.4) is 0 Å². The van der Waals surface area contributed by atoms with E-state index in [4.69, 9.17) is 4.98 Å². The lowest BCUT2D eigenvalue weighted by molar-refractivity contribution is 0.586. The predicted octanol–water partition coefficient (Wildman–Crippen LogP) is 3.96. The van der Waals surface area contributed by atoms with Crippen molar-refractivity contribution in [2.45, 2.75) is 24.7 Å². The second-order valence-corrected chi connectivity index (χ2v) is 10.1. The van der Waals surface area contributed by atoms with Crippen molar-refractivity contribution >= 4 is 37.6 Å². The Labute approximate surface area is 182 Å². The highest BCUT2D eigenvalue weighted by atomic mass is 32.2. The van der Waals surface area contributed by atoms with Gasteiger partial charge in [-0.15, -0.1) is 0 Å². The topological polar surface area (TPSA) is 67.2 Å². The van der Waals surface area contributed by atoms with Crippen molar-refractivity contribution in [1.29, 1.82) is 0 Å². The number of hydrogen-bond donors (Lipinski definition) is 1. The molecule has 0 spiro atoms. The minimum absolute atomic E-state index is 0.291. The van der Waals surface area contributed by atoms with E-state index >= 15 is 0 Å². The summed E-state index contributed by atoms with van der Waals surface area (Å²) < 4.78 is 28.7. The molecular formula is C24H26N4O2S. The minimum Gasteiger partial charge on any atom is -0.353 e. The van der Waals surface area contributed by atoms with E-state index in [2.05, 4.69) is 24.1 Å². The highest BCUT2D eigenvalue weighted by Gasteiger charge is 2.24. The van der Waals surface area contributed by atoms with Crippen molar-refractivity contribution in [3.05, 3.63) is 66.4 Å². The summed E-state index contributed by atoms with van der Waals surface area (Å²) in [5.41, 5.74) is 2.60. The Morgan fingerprint density at radius 3 is 2.35 bits per heavy atom. The van der Waals surface area contributed by atoms with Crippen molar-refractivity contribution in [2.75, 3.05) is 31.1 Å². The van der Waals surface area contributed by atoms with Crippen molar-refractivity contribution in [3.63, 3.8) is 0 Å². The molecule has 0 atom stereocenters. The summed E-state index contributed by atoms with van der Waals surface area (Å²) in [4.78, 5) is 7.44. The van der Waals surface area contributed by atoms with E-state index < -0.39 is 10.0 Å². The lowest BCUT2D eigenvalue weighted by Gasteiger charge is -2.29. The van der Waals surface area contributed by atoms with Gasteiger partial charge < -0.3 is 10.2 Å². The fourth-order valence-corrected chi connectivity index (χ4v) is 5.63. The van der Waals surface area contributed by atoms with Crippen LogP contribution in [0.1, 0.15) is 25.3 Å².